The molecule has 0 aliphatic carbocycles. The molecule has 0 unspecified atom stereocenters. The quantitative estimate of drug-likeness (QED) is 0.481. The Kier molecular flexibility index (Phi) is 4.30. The lowest BCUT2D eigenvalue weighted by atomic mass is 10.1. The first-order valence-electron chi connectivity index (χ1n) is 4.24. The number of rotatable bonds is 4. The van der Waals surface area contributed by atoms with Gasteiger partial charge in [0.05, 0.1) is 23.7 Å². The topological polar surface area (TPSA) is 52.4 Å². The largest absolute Gasteiger partial charge is 0.497 e. The van der Waals surface area contributed by atoms with E-state index in [1.165, 1.54) is 13.2 Å². The molecule has 15 heavy (non-hydrogen) atoms. The van der Waals surface area contributed by atoms with Crippen molar-refractivity contribution in [1.82, 2.24) is 0 Å². The van der Waals surface area contributed by atoms with Crippen LogP contribution in [-0.4, -0.2) is 17.4 Å². The average molecular weight is 272 g/mol. The predicted octanol–water partition coefficient (Wildman–Crippen LogP) is 3.01. The van der Waals surface area contributed by atoms with Gasteiger partial charge in [0.2, 0.25) is 0 Å². The number of nitro groups is 1. The Morgan fingerprint density at radius 3 is 2.87 bits per heavy atom. The molecule has 0 saturated heterocycles. The Hall–Kier alpha value is -1.36. The van der Waals surface area contributed by atoms with Crippen LogP contribution in [0.1, 0.15) is 5.56 Å². The summed E-state index contributed by atoms with van der Waals surface area (Å²) in [4.78, 5) is 10.3. The second kappa shape index (κ2) is 5.50. The third kappa shape index (κ3) is 3.06. The van der Waals surface area contributed by atoms with E-state index in [2.05, 4.69) is 15.9 Å². The maximum absolute atomic E-state index is 10.8. The van der Waals surface area contributed by atoms with Gasteiger partial charge in [0.25, 0.3) is 5.69 Å². The molecule has 0 heterocycles. The van der Waals surface area contributed by atoms with Crippen molar-refractivity contribution >= 4 is 27.7 Å². The van der Waals surface area contributed by atoms with E-state index in [-0.39, 0.29) is 5.69 Å². The van der Waals surface area contributed by atoms with Crippen molar-refractivity contribution in [2.45, 2.75) is 0 Å². The highest BCUT2D eigenvalue weighted by atomic mass is 79.9. The predicted molar refractivity (Wildman–Crippen MR) is 62.5 cm³/mol. The molecule has 0 amide bonds. The van der Waals surface area contributed by atoms with Crippen LogP contribution < -0.4 is 4.74 Å². The third-order valence-electron chi connectivity index (χ3n) is 1.82. The molecule has 5 heteroatoms. The normalized spacial score (nSPS) is 10.5. The summed E-state index contributed by atoms with van der Waals surface area (Å²) in [6.45, 7) is 0. The number of benzene rings is 1. The fraction of sp³-hybridized carbons (Fsp3) is 0.200. The maximum Gasteiger partial charge on any atom is 0.280 e. The van der Waals surface area contributed by atoms with Gasteiger partial charge in [-0.3, -0.25) is 10.1 Å². The summed E-state index contributed by atoms with van der Waals surface area (Å²) in [7, 11) is 1.48. The second-order valence-corrected chi connectivity index (χ2v) is 3.39. The van der Waals surface area contributed by atoms with Crippen LogP contribution >= 0.6 is 15.9 Å². The summed E-state index contributed by atoms with van der Waals surface area (Å²) in [5.41, 5.74) is 0.617. The SMILES string of the molecule is COc1ccc(C=CCBr)c([N+](=O)[O-])c1. The minimum absolute atomic E-state index is 0.0477. The van der Waals surface area contributed by atoms with Crippen molar-refractivity contribution in [3.05, 3.63) is 40.0 Å². The van der Waals surface area contributed by atoms with Gasteiger partial charge in [-0.05, 0) is 12.1 Å². The molecule has 0 aromatic heterocycles. The molecule has 0 fully saturated rings. The number of methoxy groups -OCH3 is 1. The zero-order chi connectivity index (χ0) is 11.3. The van der Waals surface area contributed by atoms with E-state index in [0.29, 0.717) is 16.6 Å². The molecule has 0 N–H and O–H groups in total. The molecule has 0 bridgehead atoms. The van der Waals surface area contributed by atoms with Gasteiger partial charge in [-0.25, -0.2) is 0 Å². The van der Waals surface area contributed by atoms with Gasteiger partial charge in [-0.1, -0.05) is 28.1 Å². The number of ether oxygens (including phenoxy) is 1. The van der Waals surface area contributed by atoms with Gasteiger partial charge in [-0.15, -0.1) is 0 Å². The molecule has 0 aliphatic rings. The monoisotopic (exact) mass is 271 g/mol. The molecule has 0 radical (unpaired) electrons. The summed E-state index contributed by atoms with van der Waals surface area (Å²) in [6, 6.07) is 4.77. The van der Waals surface area contributed by atoms with Crippen LogP contribution in [0.5, 0.6) is 5.75 Å². The van der Waals surface area contributed by atoms with E-state index in [9.17, 15) is 10.1 Å². The Balaban J connectivity index is 3.15. The first kappa shape index (κ1) is 11.7. The molecule has 1 rings (SSSR count). The van der Waals surface area contributed by atoms with Crippen LogP contribution in [0.25, 0.3) is 6.08 Å². The number of alkyl halides is 1. The summed E-state index contributed by atoms with van der Waals surface area (Å²) < 4.78 is 4.93. The lowest BCUT2D eigenvalue weighted by Crippen LogP contribution is -1.93. The van der Waals surface area contributed by atoms with Gasteiger partial charge in [0, 0.05) is 5.33 Å². The summed E-state index contributed by atoms with van der Waals surface area (Å²) in [5, 5.41) is 11.4. The molecule has 0 saturated carbocycles. The molecule has 0 aliphatic heterocycles. The van der Waals surface area contributed by atoms with Crippen molar-refractivity contribution in [1.29, 1.82) is 0 Å². The van der Waals surface area contributed by atoms with Crippen LogP contribution in [0.4, 0.5) is 5.69 Å². The van der Waals surface area contributed by atoms with Crippen LogP contribution in [0.2, 0.25) is 0 Å². The smallest absolute Gasteiger partial charge is 0.280 e. The highest BCUT2D eigenvalue weighted by molar-refractivity contribution is 9.09. The molecule has 4 nitrogen and oxygen atoms in total. The van der Waals surface area contributed by atoms with Crippen LogP contribution in [0, 0.1) is 10.1 Å². The van der Waals surface area contributed by atoms with Gasteiger partial charge in [0.15, 0.2) is 0 Å². The Morgan fingerprint density at radius 1 is 1.60 bits per heavy atom. The van der Waals surface area contributed by atoms with E-state index in [1.807, 2.05) is 0 Å². The fourth-order valence-corrected chi connectivity index (χ4v) is 1.31. The summed E-state index contributed by atoms with van der Waals surface area (Å²) in [5.74, 6) is 0.484. The zero-order valence-corrected chi connectivity index (χ0v) is 9.73. The molecular formula is C10H10BrNO3. The van der Waals surface area contributed by atoms with Gasteiger partial charge in [0.1, 0.15) is 5.75 Å². The standard InChI is InChI=1S/C10H10BrNO3/c1-15-9-5-4-8(3-2-6-11)10(7-9)12(13)14/h2-5,7H,6H2,1H3. The number of halogens is 1. The minimum atomic E-state index is -0.420. The van der Waals surface area contributed by atoms with Crippen molar-refractivity contribution in [3.63, 3.8) is 0 Å². The van der Waals surface area contributed by atoms with Crippen molar-refractivity contribution in [2.75, 3.05) is 12.4 Å². The lowest BCUT2D eigenvalue weighted by Gasteiger charge is -2.01. The Bertz CT molecular complexity index is 390. The summed E-state index contributed by atoms with van der Waals surface area (Å²) >= 11 is 3.22. The first-order valence-corrected chi connectivity index (χ1v) is 5.36. The van der Waals surface area contributed by atoms with Crippen LogP contribution in [0.15, 0.2) is 24.3 Å². The summed E-state index contributed by atoms with van der Waals surface area (Å²) in [6.07, 6.45) is 3.50. The fourth-order valence-electron chi connectivity index (χ4n) is 1.12. The highest BCUT2D eigenvalue weighted by Gasteiger charge is 2.12. The maximum atomic E-state index is 10.8. The van der Waals surface area contributed by atoms with E-state index < -0.39 is 4.92 Å². The van der Waals surface area contributed by atoms with Gasteiger partial charge >= 0.3 is 0 Å². The highest BCUT2D eigenvalue weighted by Crippen LogP contribution is 2.25. The Labute approximate surface area is 95.8 Å². The average Bonchev–Trinajstić information content (AvgIpc) is 2.26. The lowest BCUT2D eigenvalue weighted by molar-refractivity contribution is -0.385. The van der Waals surface area contributed by atoms with Crippen LogP contribution in [-0.2, 0) is 0 Å². The van der Waals surface area contributed by atoms with E-state index in [0.717, 1.165) is 0 Å². The number of nitro benzene ring substituents is 1. The molecule has 0 spiro atoms. The molecular weight excluding hydrogens is 262 g/mol. The number of allylic oxidation sites excluding steroid dienone is 1. The minimum Gasteiger partial charge on any atom is -0.497 e. The van der Waals surface area contributed by atoms with E-state index >= 15 is 0 Å². The van der Waals surface area contributed by atoms with Crippen molar-refractivity contribution in [3.8, 4) is 5.75 Å². The number of hydrogen-bond donors (Lipinski definition) is 0. The number of nitrogens with zero attached hydrogens (tertiary/aromatic N) is 1. The van der Waals surface area contributed by atoms with Gasteiger partial charge < -0.3 is 4.74 Å². The first-order chi connectivity index (χ1) is 7.19. The Morgan fingerprint density at radius 2 is 2.33 bits per heavy atom. The molecule has 0 atom stereocenters. The van der Waals surface area contributed by atoms with E-state index in [1.54, 1.807) is 24.3 Å². The molecule has 80 valence electrons. The molecule has 1 aromatic rings. The van der Waals surface area contributed by atoms with Crippen molar-refractivity contribution in [2.24, 2.45) is 0 Å². The second-order valence-electron chi connectivity index (χ2n) is 2.74. The zero-order valence-electron chi connectivity index (χ0n) is 8.14. The third-order valence-corrected chi connectivity index (χ3v) is 2.19. The van der Waals surface area contributed by atoms with Crippen LogP contribution in [0.3, 0.4) is 0 Å². The van der Waals surface area contributed by atoms with Gasteiger partial charge in [-0.2, -0.15) is 0 Å². The van der Waals surface area contributed by atoms with Crippen molar-refractivity contribution < 1.29 is 9.66 Å². The van der Waals surface area contributed by atoms with E-state index in [4.69, 9.17) is 4.74 Å². The molecule has 1 aromatic carbocycles. The number of hydrogen-bond acceptors (Lipinski definition) is 3.